The van der Waals surface area contributed by atoms with Crippen LogP contribution >= 0.6 is 11.3 Å². The lowest BCUT2D eigenvalue weighted by atomic mass is 10.0. The molecule has 7 nitrogen and oxygen atoms in total. The number of amides is 2. The second kappa shape index (κ2) is 8.57. The Morgan fingerprint density at radius 2 is 2.10 bits per heavy atom. The molecule has 0 radical (unpaired) electrons. The van der Waals surface area contributed by atoms with E-state index in [0.717, 1.165) is 29.1 Å². The summed E-state index contributed by atoms with van der Waals surface area (Å²) < 4.78 is 5.24. The normalized spacial score (nSPS) is 17.7. The van der Waals surface area contributed by atoms with E-state index in [1.165, 1.54) is 17.6 Å². The zero-order valence-electron chi connectivity index (χ0n) is 16.1. The molecule has 2 unspecified atom stereocenters. The van der Waals surface area contributed by atoms with Crippen molar-refractivity contribution in [2.24, 2.45) is 0 Å². The topological polar surface area (TPSA) is 88.3 Å². The van der Waals surface area contributed by atoms with Crippen molar-refractivity contribution < 1.29 is 14.0 Å². The molecule has 0 aliphatic carbocycles. The van der Waals surface area contributed by atoms with Gasteiger partial charge in [-0.25, -0.2) is 4.98 Å². The van der Waals surface area contributed by atoms with Gasteiger partial charge < -0.3 is 14.6 Å². The summed E-state index contributed by atoms with van der Waals surface area (Å²) in [6.45, 7) is 2.46. The maximum Gasteiger partial charge on any atom is 0.290 e. The molecule has 1 N–H and O–H groups in total. The average molecular weight is 410 g/mol. The van der Waals surface area contributed by atoms with Gasteiger partial charge in [-0.05, 0) is 50.5 Å². The van der Waals surface area contributed by atoms with Gasteiger partial charge in [0.15, 0.2) is 5.76 Å². The largest absolute Gasteiger partial charge is 0.459 e. The van der Waals surface area contributed by atoms with Crippen LogP contribution in [0.5, 0.6) is 0 Å². The molecule has 0 aromatic carbocycles. The molecule has 4 heterocycles. The third-order valence-corrected chi connectivity index (χ3v) is 6.05. The number of hydrogen-bond acceptors (Lipinski definition) is 6. The first-order chi connectivity index (χ1) is 14.1. The minimum atomic E-state index is -0.497. The van der Waals surface area contributed by atoms with Crippen LogP contribution in [0.15, 0.2) is 52.7 Å². The Balaban J connectivity index is 1.45. The molecule has 1 aliphatic heterocycles. The second-order valence-corrected chi connectivity index (χ2v) is 7.91. The lowest BCUT2D eigenvalue weighted by molar-refractivity contribution is -0.127. The van der Waals surface area contributed by atoms with Crippen LogP contribution in [0.25, 0.3) is 11.3 Å². The number of nitrogens with one attached hydrogen (secondary N) is 1. The third-order valence-electron chi connectivity index (χ3n) is 5.03. The van der Waals surface area contributed by atoms with Crippen LogP contribution in [0, 0.1) is 0 Å². The standard InChI is InChI=1S/C21H22N4O3S/c1-14(20-24-16(13-29-20)15-7-9-22-10-8-15)23-19(26)17-5-2-3-11-25(17)21(27)18-6-4-12-28-18/h4,6-10,12-14,17H,2-3,5,11H2,1H3,(H,23,26). The highest BCUT2D eigenvalue weighted by Crippen LogP contribution is 2.26. The van der Waals surface area contributed by atoms with E-state index < -0.39 is 6.04 Å². The molecule has 0 saturated carbocycles. The quantitative estimate of drug-likeness (QED) is 0.693. The van der Waals surface area contributed by atoms with E-state index in [0.29, 0.717) is 13.0 Å². The first kappa shape index (κ1) is 19.3. The zero-order chi connectivity index (χ0) is 20.2. The van der Waals surface area contributed by atoms with Gasteiger partial charge in [0.05, 0.1) is 18.0 Å². The number of rotatable bonds is 5. The van der Waals surface area contributed by atoms with Crippen molar-refractivity contribution in [1.82, 2.24) is 20.2 Å². The summed E-state index contributed by atoms with van der Waals surface area (Å²) >= 11 is 1.50. The van der Waals surface area contributed by atoms with E-state index in [4.69, 9.17) is 4.42 Å². The molecule has 2 atom stereocenters. The number of pyridine rings is 1. The molecule has 1 aliphatic rings. The van der Waals surface area contributed by atoms with Crippen LogP contribution in [0.3, 0.4) is 0 Å². The maximum absolute atomic E-state index is 13.0. The Morgan fingerprint density at radius 1 is 1.28 bits per heavy atom. The van der Waals surface area contributed by atoms with Crippen LogP contribution < -0.4 is 5.32 Å². The zero-order valence-corrected chi connectivity index (χ0v) is 16.9. The average Bonchev–Trinajstić information content (AvgIpc) is 3.46. The lowest BCUT2D eigenvalue weighted by Gasteiger charge is -2.34. The highest BCUT2D eigenvalue weighted by atomic mass is 32.1. The maximum atomic E-state index is 13.0. The number of nitrogens with zero attached hydrogens (tertiary/aromatic N) is 3. The smallest absolute Gasteiger partial charge is 0.290 e. The van der Waals surface area contributed by atoms with E-state index in [1.807, 2.05) is 24.4 Å². The Labute approximate surface area is 172 Å². The van der Waals surface area contributed by atoms with Gasteiger partial charge in [-0.2, -0.15) is 0 Å². The molecule has 29 heavy (non-hydrogen) atoms. The van der Waals surface area contributed by atoms with E-state index in [2.05, 4.69) is 15.3 Å². The molecule has 3 aromatic heterocycles. The van der Waals surface area contributed by atoms with E-state index >= 15 is 0 Å². The Bertz CT molecular complexity index is 971. The monoisotopic (exact) mass is 410 g/mol. The fourth-order valence-corrected chi connectivity index (χ4v) is 4.34. The highest BCUT2D eigenvalue weighted by Gasteiger charge is 2.34. The van der Waals surface area contributed by atoms with Crippen LogP contribution in [0.4, 0.5) is 0 Å². The molecule has 0 bridgehead atoms. The second-order valence-electron chi connectivity index (χ2n) is 7.02. The van der Waals surface area contributed by atoms with Gasteiger partial charge in [0.25, 0.3) is 5.91 Å². The molecule has 0 spiro atoms. The van der Waals surface area contributed by atoms with Crippen molar-refractivity contribution >= 4 is 23.2 Å². The first-order valence-electron chi connectivity index (χ1n) is 9.64. The number of thiazole rings is 1. The van der Waals surface area contributed by atoms with Gasteiger partial charge in [-0.3, -0.25) is 14.6 Å². The molecule has 8 heteroatoms. The number of furan rings is 1. The van der Waals surface area contributed by atoms with Crippen molar-refractivity contribution in [2.75, 3.05) is 6.54 Å². The molecule has 3 aromatic rings. The summed E-state index contributed by atoms with van der Waals surface area (Å²) in [6, 6.07) is 6.38. The lowest BCUT2D eigenvalue weighted by Crippen LogP contribution is -2.52. The Kier molecular flexibility index (Phi) is 5.71. The first-order valence-corrected chi connectivity index (χ1v) is 10.5. The fourth-order valence-electron chi connectivity index (χ4n) is 3.50. The number of likely N-dealkylation sites (tertiary alicyclic amines) is 1. The highest BCUT2D eigenvalue weighted by molar-refractivity contribution is 7.10. The summed E-state index contributed by atoms with van der Waals surface area (Å²) in [4.78, 5) is 36.0. The molecule has 2 amide bonds. The van der Waals surface area contributed by atoms with Crippen molar-refractivity contribution in [3.05, 3.63) is 59.1 Å². The van der Waals surface area contributed by atoms with Crippen LogP contribution in [-0.2, 0) is 4.79 Å². The van der Waals surface area contributed by atoms with Crippen molar-refractivity contribution in [3.63, 3.8) is 0 Å². The van der Waals surface area contributed by atoms with Crippen LogP contribution in [-0.4, -0.2) is 39.3 Å². The summed E-state index contributed by atoms with van der Waals surface area (Å²) in [6.07, 6.45) is 7.37. The molecular formula is C21H22N4O3S. The SMILES string of the molecule is CC(NC(=O)C1CCCCN1C(=O)c1ccco1)c1nc(-c2ccncc2)cs1. The Hall–Kier alpha value is -3.00. The summed E-state index contributed by atoms with van der Waals surface area (Å²) in [7, 11) is 0. The molecule has 4 rings (SSSR count). The van der Waals surface area contributed by atoms with E-state index in [9.17, 15) is 9.59 Å². The number of hydrogen-bond donors (Lipinski definition) is 1. The van der Waals surface area contributed by atoms with Crippen molar-refractivity contribution in [1.29, 1.82) is 0 Å². The number of piperidine rings is 1. The van der Waals surface area contributed by atoms with E-state index in [1.54, 1.807) is 29.4 Å². The third kappa shape index (κ3) is 4.22. The van der Waals surface area contributed by atoms with Gasteiger partial charge in [0.2, 0.25) is 5.91 Å². The van der Waals surface area contributed by atoms with Gasteiger partial charge in [-0.15, -0.1) is 11.3 Å². The number of aromatic nitrogens is 2. The number of carbonyl (C=O) groups excluding carboxylic acids is 2. The van der Waals surface area contributed by atoms with Crippen molar-refractivity contribution in [2.45, 2.75) is 38.3 Å². The van der Waals surface area contributed by atoms with Gasteiger partial charge in [0, 0.05) is 29.9 Å². The molecular weight excluding hydrogens is 388 g/mol. The molecule has 1 saturated heterocycles. The minimum absolute atomic E-state index is 0.155. The summed E-state index contributed by atoms with van der Waals surface area (Å²) in [5.41, 5.74) is 1.85. The van der Waals surface area contributed by atoms with Gasteiger partial charge >= 0.3 is 0 Å². The molecule has 150 valence electrons. The van der Waals surface area contributed by atoms with Gasteiger partial charge in [0.1, 0.15) is 11.0 Å². The van der Waals surface area contributed by atoms with Crippen LogP contribution in [0.2, 0.25) is 0 Å². The summed E-state index contributed by atoms with van der Waals surface area (Å²) in [5, 5.41) is 5.83. The molecule has 1 fully saturated rings. The fraction of sp³-hybridized carbons (Fsp3) is 0.333. The minimum Gasteiger partial charge on any atom is -0.459 e. The number of carbonyl (C=O) groups is 2. The van der Waals surface area contributed by atoms with E-state index in [-0.39, 0.29) is 23.6 Å². The predicted molar refractivity (Wildman–Crippen MR) is 109 cm³/mol. The van der Waals surface area contributed by atoms with Gasteiger partial charge in [-0.1, -0.05) is 0 Å². The predicted octanol–water partition coefficient (Wildman–Crippen LogP) is 3.67. The van der Waals surface area contributed by atoms with Crippen LogP contribution in [0.1, 0.15) is 47.8 Å². The van der Waals surface area contributed by atoms with Crippen molar-refractivity contribution in [3.8, 4) is 11.3 Å². The Morgan fingerprint density at radius 3 is 2.86 bits per heavy atom. The summed E-state index contributed by atoms with van der Waals surface area (Å²) in [5.74, 6) is -0.130.